The Labute approximate surface area is 467 Å². The Morgan fingerprint density at radius 3 is 2.06 bits per heavy atom. The molecule has 4 aliphatic rings. The third-order valence-corrected chi connectivity index (χ3v) is 16.0. The van der Waals surface area contributed by atoms with Gasteiger partial charge in [0.25, 0.3) is 0 Å². The van der Waals surface area contributed by atoms with Crippen LogP contribution in [0.1, 0.15) is 190 Å². The van der Waals surface area contributed by atoms with Crippen LogP contribution >= 0.6 is 0 Å². The number of amides is 1. The van der Waals surface area contributed by atoms with Crippen molar-refractivity contribution < 1.29 is 76.9 Å². The molecule has 3 aliphatic carbocycles. The number of fused-ring (bicyclic) bond motifs is 5. The largest absolute Gasteiger partial charge is 0.455 e. The summed E-state index contributed by atoms with van der Waals surface area (Å²) in [5, 5.41) is 29.0. The van der Waals surface area contributed by atoms with E-state index >= 15 is 9.59 Å². The van der Waals surface area contributed by atoms with Gasteiger partial charge in [0.1, 0.15) is 29.5 Å². The second-order valence-corrected chi connectivity index (χ2v) is 23.7. The quantitative estimate of drug-likeness (QED) is 0.0357. The number of nitrogens with one attached hydrogen (secondary N) is 1. The van der Waals surface area contributed by atoms with Gasteiger partial charge in [0.2, 0.25) is 6.10 Å². The van der Waals surface area contributed by atoms with E-state index in [1.165, 1.54) is 51.3 Å². The number of hydrogen-bond acceptors (Lipinski definition) is 16. The molecule has 11 atom stereocenters. The van der Waals surface area contributed by atoms with E-state index in [4.69, 9.17) is 33.2 Å². The van der Waals surface area contributed by atoms with Crippen LogP contribution < -0.4 is 5.32 Å². The van der Waals surface area contributed by atoms with Crippen molar-refractivity contribution in [3.63, 3.8) is 0 Å². The molecular formula is C62H89NO16. The van der Waals surface area contributed by atoms with E-state index < -0.39 is 124 Å². The predicted octanol–water partition coefficient (Wildman–Crippen LogP) is 10.2. The van der Waals surface area contributed by atoms with Crippen LogP contribution in [0.5, 0.6) is 0 Å². The van der Waals surface area contributed by atoms with E-state index in [0.29, 0.717) is 18.4 Å². The van der Waals surface area contributed by atoms with Gasteiger partial charge in [0.15, 0.2) is 17.5 Å². The van der Waals surface area contributed by atoms with Gasteiger partial charge in [-0.05, 0) is 110 Å². The van der Waals surface area contributed by atoms with Gasteiger partial charge in [-0.3, -0.25) is 19.2 Å². The number of ether oxygens (including phenoxy) is 7. The average molecular weight is 1100 g/mol. The van der Waals surface area contributed by atoms with Crippen molar-refractivity contribution in [2.24, 2.45) is 16.7 Å². The number of hydrogen-bond donors (Lipinski definition) is 3. The molecule has 1 aliphatic heterocycles. The topological polar surface area (TPSA) is 237 Å². The van der Waals surface area contributed by atoms with E-state index in [1.807, 2.05) is 0 Å². The van der Waals surface area contributed by atoms with E-state index in [9.17, 15) is 34.2 Å². The van der Waals surface area contributed by atoms with Crippen LogP contribution in [0.25, 0.3) is 0 Å². The van der Waals surface area contributed by atoms with Gasteiger partial charge >= 0.3 is 35.9 Å². The summed E-state index contributed by atoms with van der Waals surface area (Å²) in [6, 6.07) is 6.53. The Balaban J connectivity index is 1.55. The lowest BCUT2D eigenvalue weighted by molar-refractivity contribution is -0.346. The number of carbonyl (C=O) groups is 7. The molecule has 1 heterocycles. The third kappa shape index (κ3) is 15.2. The molecule has 3 fully saturated rings. The van der Waals surface area contributed by atoms with Gasteiger partial charge in [-0.1, -0.05) is 114 Å². The SMILES string of the molecule is CCCCC/C=C\C/C=C\CCCCCCCC(=O)O[C@@H](C(=O)O[C@H]1C[C@@]2(O)[C@@H](OC(=O)c3ccccc3)C3[C@](C)(C(=O)[C@H](OC(=O)CC)C(=C1C)C2(C)C)[C@@H](O)C[C@H]1OC[C@@]31OC(C)=O)[C@H](C=C(C)C)NC(=O)OC(C)(C)C. The monoisotopic (exact) mass is 1100 g/mol. The van der Waals surface area contributed by atoms with E-state index in [2.05, 4.69) is 36.5 Å². The lowest BCUT2D eigenvalue weighted by Gasteiger charge is -2.67. The smallest absolute Gasteiger partial charge is 0.408 e. The first kappa shape index (κ1) is 64.2. The molecule has 0 spiro atoms. The number of Topliss-reactive ketones (excluding diaryl/α,β-unsaturated/α-hetero) is 1. The van der Waals surface area contributed by atoms with Gasteiger partial charge in [-0.2, -0.15) is 0 Å². The van der Waals surface area contributed by atoms with Crippen LogP contribution in [-0.2, 0) is 57.1 Å². The molecule has 2 bridgehead atoms. The molecule has 79 heavy (non-hydrogen) atoms. The summed E-state index contributed by atoms with van der Waals surface area (Å²) >= 11 is 0. The van der Waals surface area contributed by atoms with Gasteiger partial charge in [-0.15, -0.1) is 0 Å². The number of carbonyl (C=O) groups excluding carboxylic acids is 7. The van der Waals surface area contributed by atoms with Crippen molar-refractivity contribution in [3.8, 4) is 0 Å². The molecule has 0 aromatic heterocycles. The molecule has 3 N–H and O–H groups in total. The number of benzene rings is 1. The number of rotatable bonds is 25. The fourth-order valence-corrected chi connectivity index (χ4v) is 11.8. The van der Waals surface area contributed by atoms with Crippen molar-refractivity contribution in [2.75, 3.05) is 6.61 Å². The number of esters is 5. The van der Waals surface area contributed by atoms with Gasteiger partial charge in [0, 0.05) is 38.0 Å². The average Bonchev–Trinajstić information content (AvgIpc) is 2.69. The summed E-state index contributed by atoms with van der Waals surface area (Å²) in [6.07, 6.45) is 9.25. The number of allylic oxidation sites excluding steroid dienone is 5. The maximum absolute atomic E-state index is 15.9. The first-order valence-corrected chi connectivity index (χ1v) is 28.4. The van der Waals surface area contributed by atoms with Crippen molar-refractivity contribution in [1.29, 1.82) is 0 Å². The maximum Gasteiger partial charge on any atom is 0.408 e. The molecule has 0 radical (unpaired) electrons. The standard InChI is InChI=1S/C62H89NO16/c1-13-15-16-17-18-19-20-21-22-23-24-25-26-27-31-34-48(67)76-50(43(35-39(3)4)63-57(71)79-58(7,8)9)56(70)74-44-37-62(72)54(77-55(69)42-32-29-28-30-33-42)52-60(12,45(65)36-46-61(52,38-73-46)78-41(6)64)53(68)51(75-47(66)14-2)49(40(44)5)59(62,10)11/h18-19,21-22,28-30,32-33,35,43-46,50-52,54,65,72H,13-17,20,23-27,31,34,36-38H2,1-12H3,(H,63,71)/b19-18-,22-21-/t43-,44-,45-,46+,50+,51+,52?,54-,60+,61-,62+/m0/s1. The predicted molar refractivity (Wildman–Crippen MR) is 295 cm³/mol. The Hall–Kier alpha value is -5.65. The highest BCUT2D eigenvalue weighted by Gasteiger charge is 2.78. The lowest BCUT2D eigenvalue weighted by Crippen LogP contribution is -2.82. The Morgan fingerprint density at radius 1 is 0.848 bits per heavy atom. The molecule has 17 heteroatoms. The van der Waals surface area contributed by atoms with Crippen LogP contribution in [0.2, 0.25) is 0 Å². The zero-order valence-corrected chi connectivity index (χ0v) is 48.8. The summed E-state index contributed by atoms with van der Waals surface area (Å²) in [4.78, 5) is 99.7. The minimum Gasteiger partial charge on any atom is -0.455 e. The second kappa shape index (κ2) is 27.7. The number of unbranched alkanes of at least 4 members (excludes halogenated alkanes) is 8. The first-order valence-electron chi connectivity index (χ1n) is 28.4. The van der Waals surface area contributed by atoms with Gasteiger partial charge in [0.05, 0.1) is 35.6 Å². The van der Waals surface area contributed by atoms with Gasteiger partial charge in [-0.25, -0.2) is 14.4 Å². The highest BCUT2D eigenvalue weighted by molar-refractivity contribution is 5.96. The fourth-order valence-electron chi connectivity index (χ4n) is 11.8. The summed E-state index contributed by atoms with van der Waals surface area (Å²) in [5.41, 5.74) is -8.15. The lowest BCUT2D eigenvalue weighted by atomic mass is 9.44. The van der Waals surface area contributed by atoms with Crippen LogP contribution in [0.4, 0.5) is 4.79 Å². The number of ketones is 1. The molecule has 1 unspecified atom stereocenters. The third-order valence-electron chi connectivity index (χ3n) is 16.0. The summed E-state index contributed by atoms with van der Waals surface area (Å²) in [6.45, 7) is 19.1. The fraction of sp³-hybridized carbons (Fsp3) is 0.661. The molecule has 1 amide bonds. The Morgan fingerprint density at radius 2 is 1.48 bits per heavy atom. The minimum atomic E-state index is -2.44. The highest BCUT2D eigenvalue weighted by atomic mass is 16.6. The molecule has 438 valence electrons. The zero-order chi connectivity index (χ0) is 58.5. The zero-order valence-electron chi connectivity index (χ0n) is 48.8. The molecular weight excluding hydrogens is 1010 g/mol. The molecule has 5 rings (SSSR count). The maximum atomic E-state index is 15.9. The van der Waals surface area contributed by atoms with Crippen molar-refractivity contribution in [3.05, 3.63) is 83.0 Å². The van der Waals surface area contributed by atoms with Crippen LogP contribution in [0, 0.1) is 16.7 Å². The normalized spacial score (nSPS) is 27.9. The number of alkyl carbamates (subject to hydrolysis) is 1. The van der Waals surface area contributed by atoms with Crippen molar-refractivity contribution in [1.82, 2.24) is 5.32 Å². The number of aliphatic hydroxyl groups is 2. The molecule has 1 aromatic rings. The van der Waals surface area contributed by atoms with Gasteiger partial charge < -0.3 is 48.7 Å². The Kier molecular flexibility index (Phi) is 22.5. The van der Waals surface area contributed by atoms with E-state index in [-0.39, 0.29) is 42.6 Å². The summed E-state index contributed by atoms with van der Waals surface area (Å²) in [5.74, 6) is -6.90. The van der Waals surface area contributed by atoms with E-state index in [0.717, 1.165) is 45.4 Å². The molecule has 1 saturated heterocycles. The van der Waals surface area contributed by atoms with Crippen LogP contribution in [0.3, 0.4) is 0 Å². The summed E-state index contributed by atoms with van der Waals surface area (Å²) in [7, 11) is 0. The van der Waals surface area contributed by atoms with Crippen molar-refractivity contribution in [2.45, 2.75) is 239 Å². The molecule has 2 saturated carbocycles. The van der Waals surface area contributed by atoms with Crippen molar-refractivity contribution >= 4 is 41.7 Å². The Bertz CT molecular complexity index is 2450. The van der Waals surface area contributed by atoms with Crippen LogP contribution in [-0.4, -0.2) is 118 Å². The first-order chi connectivity index (χ1) is 37.2. The van der Waals surface area contributed by atoms with E-state index in [1.54, 1.807) is 73.6 Å². The molecule has 1 aromatic carbocycles. The molecule has 17 nitrogen and oxygen atoms in total. The highest BCUT2D eigenvalue weighted by Crippen LogP contribution is 2.64. The second-order valence-electron chi connectivity index (χ2n) is 23.7. The number of aliphatic hydroxyl groups excluding tert-OH is 1. The minimum absolute atomic E-state index is 0.00498. The van der Waals surface area contributed by atoms with Crippen LogP contribution in [0.15, 0.2) is 77.4 Å². The summed E-state index contributed by atoms with van der Waals surface area (Å²) < 4.78 is 42.7.